The molecular weight excluding hydrogens is 256 g/mol. The van der Waals surface area contributed by atoms with E-state index in [4.69, 9.17) is 4.74 Å². The summed E-state index contributed by atoms with van der Waals surface area (Å²) in [6, 6.07) is 0.268. The standard InChI is InChI=1S/C14H22N4O2/c1-10(18-8-11(2)20-12(3)9-18)6-17-14(19)13-7-15-4-5-16-13/h4-5,7,10-12H,6,8-9H2,1-3H3,(H,17,19). The van der Waals surface area contributed by atoms with Crippen molar-refractivity contribution in [2.24, 2.45) is 0 Å². The maximum atomic E-state index is 11.9. The van der Waals surface area contributed by atoms with Gasteiger partial charge in [0.15, 0.2) is 0 Å². The number of nitrogens with one attached hydrogen (secondary N) is 1. The van der Waals surface area contributed by atoms with Gasteiger partial charge in [-0.05, 0) is 20.8 Å². The van der Waals surface area contributed by atoms with Crippen molar-refractivity contribution in [3.63, 3.8) is 0 Å². The number of morpholine rings is 1. The van der Waals surface area contributed by atoms with Crippen molar-refractivity contribution in [2.45, 2.75) is 39.0 Å². The third kappa shape index (κ3) is 3.98. The second kappa shape index (κ2) is 6.76. The predicted octanol–water partition coefficient (Wildman–Crippen LogP) is 0.704. The summed E-state index contributed by atoms with van der Waals surface area (Å²) < 4.78 is 5.71. The number of hydrogen-bond donors (Lipinski definition) is 1. The third-order valence-corrected chi connectivity index (χ3v) is 3.43. The van der Waals surface area contributed by atoms with Crippen LogP contribution in [0.1, 0.15) is 31.3 Å². The average Bonchev–Trinajstić information content (AvgIpc) is 2.44. The van der Waals surface area contributed by atoms with Crippen LogP contribution in [0.5, 0.6) is 0 Å². The van der Waals surface area contributed by atoms with Crippen LogP contribution in [-0.4, -0.2) is 58.7 Å². The Morgan fingerprint density at radius 2 is 2.15 bits per heavy atom. The largest absolute Gasteiger partial charge is 0.373 e. The molecule has 0 spiro atoms. The summed E-state index contributed by atoms with van der Waals surface area (Å²) in [6.45, 7) is 8.65. The van der Waals surface area contributed by atoms with Gasteiger partial charge in [-0.2, -0.15) is 0 Å². The zero-order chi connectivity index (χ0) is 14.5. The molecule has 1 aliphatic heterocycles. The quantitative estimate of drug-likeness (QED) is 0.878. The molecule has 1 aromatic heterocycles. The fourth-order valence-corrected chi connectivity index (χ4v) is 2.45. The lowest BCUT2D eigenvalue weighted by Gasteiger charge is -2.38. The summed E-state index contributed by atoms with van der Waals surface area (Å²) in [5.74, 6) is -0.181. The lowest BCUT2D eigenvalue weighted by atomic mass is 10.1. The summed E-state index contributed by atoms with van der Waals surface area (Å²) in [6.07, 6.45) is 5.01. The Kier molecular flexibility index (Phi) is 5.03. The van der Waals surface area contributed by atoms with Crippen molar-refractivity contribution in [3.8, 4) is 0 Å². The number of amides is 1. The van der Waals surface area contributed by atoms with Crippen molar-refractivity contribution >= 4 is 5.91 Å². The Morgan fingerprint density at radius 1 is 1.45 bits per heavy atom. The van der Waals surface area contributed by atoms with E-state index in [-0.39, 0.29) is 24.2 Å². The molecule has 6 nitrogen and oxygen atoms in total. The number of aromatic nitrogens is 2. The fourth-order valence-electron chi connectivity index (χ4n) is 2.45. The summed E-state index contributed by atoms with van der Waals surface area (Å²) in [5.41, 5.74) is 0.350. The maximum Gasteiger partial charge on any atom is 0.271 e. The van der Waals surface area contributed by atoms with Crippen molar-refractivity contribution in [1.82, 2.24) is 20.2 Å². The second-order valence-corrected chi connectivity index (χ2v) is 5.36. The van der Waals surface area contributed by atoms with Crippen LogP contribution in [0.3, 0.4) is 0 Å². The number of rotatable bonds is 4. The van der Waals surface area contributed by atoms with Crippen molar-refractivity contribution in [1.29, 1.82) is 0 Å². The maximum absolute atomic E-state index is 11.9. The normalized spacial score (nSPS) is 25.1. The van der Waals surface area contributed by atoms with Gasteiger partial charge >= 0.3 is 0 Å². The number of nitrogens with zero attached hydrogens (tertiary/aromatic N) is 3. The molecule has 0 radical (unpaired) electrons. The molecule has 2 heterocycles. The summed E-state index contributed by atoms with van der Waals surface area (Å²) in [4.78, 5) is 22.1. The monoisotopic (exact) mass is 278 g/mol. The second-order valence-electron chi connectivity index (χ2n) is 5.36. The molecule has 1 fully saturated rings. The molecule has 2 rings (SSSR count). The number of carbonyl (C=O) groups is 1. The Hall–Kier alpha value is -1.53. The highest BCUT2D eigenvalue weighted by molar-refractivity contribution is 5.91. The molecule has 0 saturated carbocycles. The van der Waals surface area contributed by atoms with E-state index in [0.717, 1.165) is 13.1 Å². The van der Waals surface area contributed by atoms with E-state index < -0.39 is 0 Å². The van der Waals surface area contributed by atoms with Gasteiger partial charge in [0.25, 0.3) is 5.91 Å². The van der Waals surface area contributed by atoms with Gasteiger partial charge in [0.1, 0.15) is 5.69 Å². The molecule has 3 atom stereocenters. The molecule has 1 aliphatic rings. The van der Waals surface area contributed by atoms with Crippen LogP contribution in [0.15, 0.2) is 18.6 Å². The predicted molar refractivity (Wildman–Crippen MR) is 75.4 cm³/mol. The zero-order valence-corrected chi connectivity index (χ0v) is 12.2. The van der Waals surface area contributed by atoms with Crippen LogP contribution >= 0.6 is 0 Å². The van der Waals surface area contributed by atoms with Crippen LogP contribution in [0, 0.1) is 0 Å². The zero-order valence-electron chi connectivity index (χ0n) is 12.2. The smallest absolute Gasteiger partial charge is 0.271 e. The van der Waals surface area contributed by atoms with E-state index in [1.54, 1.807) is 6.20 Å². The minimum Gasteiger partial charge on any atom is -0.373 e. The van der Waals surface area contributed by atoms with Crippen LogP contribution in [0.25, 0.3) is 0 Å². The van der Waals surface area contributed by atoms with Gasteiger partial charge in [-0.3, -0.25) is 14.7 Å². The molecule has 6 heteroatoms. The van der Waals surface area contributed by atoms with Gasteiger partial charge in [0.05, 0.1) is 18.4 Å². The highest BCUT2D eigenvalue weighted by Gasteiger charge is 2.25. The number of ether oxygens (including phenoxy) is 1. The van der Waals surface area contributed by atoms with Gasteiger partial charge in [-0.1, -0.05) is 0 Å². The molecule has 1 amide bonds. The summed E-state index contributed by atoms with van der Waals surface area (Å²) >= 11 is 0. The van der Waals surface area contributed by atoms with Crippen LogP contribution in [-0.2, 0) is 4.74 Å². The molecule has 3 unspecified atom stereocenters. The minimum atomic E-state index is -0.181. The fraction of sp³-hybridized carbons (Fsp3) is 0.643. The lowest BCUT2D eigenvalue weighted by Crippen LogP contribution is -2.52. The first kappa shape index (κ1) is 14.9. The SMILES string of the molecule is CC1CN(C(C)CNC(=O)c2cnccn2)CC(C)O1. The van der Waals surface area contributed by atoms with Crippen molar-refractivity contribution in [3.05, 3.63) is 24.3 Å². The number of carbonyl (C=O) groups excluding carboxylic acids is 1. The van der Waals surface area contributed by atoms with Gasteiger partial charge in [-0.15, -0.1) is 0 Å². The first-order valence-corrected chi connectivity index (χ1v) is 7.00. The highest BCUT2D eigenvalue weighted by atomic mass is 16.5. The minimum absolute atomic E-state index is 0.181. The average molecular weight is 278 g/mol. The lowest BCUT2D eigenvalue weighted by molar-refractivity contribution is -0.0778. The molecule has 0 aliphatic carbocycles. The van der Waals surface area contributed by atoms with E-state index in [9.17, 15) is 4.79 Å². The van der Waals surface area contributed by atoms with Crippen molar-refractivity contribution < 1.29 is 9.53 Å². The summed E-state index contributed by atoms with van der Waals surface area (Å²) in [5, 5.41) is 2.90. The molecule has 110 valence electrons. The van der Waals surface area contributed by atoms with E-state index in [1.165, 1.54) is 12.4 Å². The topological polar surface area (TPSA) is 67.4 Å². The van der Waals surface area contributed by atoms with Gasteiger partial charge < -0.3 is 10.1 Å². The Labute approximate surface area is 119 Å². The summed E-state index contributed by atoms with van der Waals surface area (Å²) in [7, 11) is 0. The van der Waals surface area contributed by atoms with E-state index in [2.05, 4.69) is 41.0 Å². The molecule has 1 saturated heterocycles. The van der Waals surface area contributed by atoms with E-state index in [0.29, 0.717) is 12.2 Å². The first-order chi connectivity index (χ1) is 9.56. The van der Waals surface area contributed by atoms with Gasteiger partial charge in [-0.25, -0.2) is 4.98 Å². The van der Waals surface area contributed by atoms with E-state index in [1.807, 2.05) is 0 Å². The molecular formula is C14H22N4O2. The Morgan fingerprint density at radius 3 is 2.75 bits per heavy atom. The molecule has 1 aromatic rings. The first-order valence-electron chi connectivity index (χ1n) is 7.00. The highest BCUT2D eigenvalue weighted by Crippen LogP contribution is 2.13. The van der Waals surface area contributed by atoms with Crippen LogP contribution < -0.4 is 5.32 Å². The Bertz CT molecular complexity index is 430. The Balaban J connectivity index is 1.83. The van der Waals surface area contributed by atoms with Crippen molar-refractivity contribution in [2.75, 3.05) is 19.6 Å². The molecule has 0 aromatic carbocycles. The molecule has 20 heavy (non-hydrogen) atoms. The van der Waals surface area contributed by atoms with Crippen LogP contribution in [0.4, 0.5) is 0 Å². The van der Waals surface area contributed by atoms with Gasteiger partial charge in [0.2, 0.25) is 0 Å². The van der Waals surface area contributed by atoms with Crippen LogP contribution in [0.2, 0.25) is 0 Å². The van der Waals surface area contributed by atoms with Gasteiger partial charge in [0, 0.05) is 38.1 Å². The molecule has 0 bridgehead atoms. The molecule has 1 N–H and O–H groups in total. The van der Waals surface area contributed by atoms with E-state index >= 15 is 0 Å². The third-order valence-electron chi connectivity index (χ3n) is 3.43. The number of hydrogen-bond acceptors (Lipinski definition) is 5.